The van der Waals surface area contributed by atoms with Crippen LogP contribution in [-0.4, -0.2) is 9.38 Å². The van der Waals surface area contributed by atoms with Gasteiger partial charge in [-0.3, -0.25) is 4.40 Å². The number of fused-ring (bicyclic) bond motifs is 3. The summed E-state index contributed by atoms with van der Waals surface area (Å²) in [6.07, 6.45) is 1.97. The molecule has 0 saturated carbocycles. The van der Waals surface area contributed by atoms with E-state index in [9.17, 15) is 4.39 Å². The van der Waals surface area contributed by atoms with Crippen LogP contribution in [0, 0.1) is 5.82 Å². The minimum Gasteiger partial charge on any atom is -0.339 e. The van der Waals surface area contributed by atoms with Crippen LogP contribution in [0.5, 0.6) is 0 Å². The monoisotopic (exact) mass is 353 g/mol. The second kappa shape index (κ2) is 6.25. The number of hydrogen-bond acceptors (Lipinski definition) is 2. The summed E-state index contributed by atoms with van der Waals surface area (Å²) in [5, 5.41) is 5.54. The maximum atomic E-state index is 14.6. The molecule has 0 unspecified atom stereocenters. The second-order valence-electron chi connectivity index (χ2n) is 6.38. The molecule has 4 heteroatoms. The highest BCUT2D eigenvalue weighted by Gasteiger charge is 2.18. The molecule has 5 rings (SSSR count). The molecule has 0 saturated heterocycles. The van der Waals surface area contributed by atoms with E-state index in [-0.39, 0.29) is 5.82 Å². The SMILES string of the molecule is Fc1ccccc1-c1nc2c3ccccc3ccn2c1Nc1ccccc1. The number of imidazole rings is 1. The summed E-state index contributed by atoms with van der Waals surface area (Å²) in [4.78, 5) is 4.83. The maximum Gasteiger partial charge on any atom is 0.147 e. The zero-order chi connectivity index (χ0) is 18.2. The van der Waals surface area contributed by atoms with Crippen molar-refractivity contribution in [3.8, 4) is 11.3 Å². The fourth-order valence-corrected chi connectivity index (χ4v) is 3.39. The van der Waals surface area contributed by atoms with Gasteiger partial charge in [-0.2, -0.15) is 0 Å². The van der Waals surface area contributed by atoms with Gasteiger partial charge in [0.2, 0.25) is 0 Å². The minimum atomic E-state index is -0.290. The number of pyridine rings is 1. The Morgan fingerprint density at radius 1 is 0.778 bits per heavy atom. The van der Waals surface area contributed by atoms with Crippen LogP contribution >= 0.6 is 0 Å². The lowest BCUT2D eigenvalue weighted by atomic mass is 10.1. The molecule has 0 atom stereocenters. The topological polar surface area (TPSA) is 29.3 Å². The Labute approximate surface area is 155 Å². The van der Waals surface area contributed by atoms with E-state index in [1.807, 2.05) is 71.3 Å². The lowest BCUT2D eigenvalue weighted by molar-refractivity contribution is 0.631. The Kier molecular flexibility index (Phi) is 3.61. The highest BCUT2D eigenvalue weighted by molar-refractivity contribution is 5.97. The quantitative estimate of drug-likeness (QED) is 0.429. The molecule has 1 N–H and O–H groups in total. The molecule has 2 aromatic heterocycles. The van der Waals surface area contributed by atoms with Crippen LogP contribution < -0.4 is 5.32 Å². The Balaban J connectivity index is 1.82. The summed E-state index contributed by atoms with van der Waals surface area (Å²) in [6.45, 7) is 0. The highest BCUT2D eigenvalue weighted by atomic mass is 19.1. The van der Waals surface area contributed by atoms with Crippen molar-refractivity contribution in [1.82, 2.24) is 9.38 Å². The predicted molar refractivity (Wildman–Crippen MR) is 108 cm³/mol. The van der Waals surface area contributed by atoms with Crippen molar-refractivity contribution >= 4 is 27.9 Å². The Morgan fingerprint density at radius 3 is 2.37 bits per heavy atom. The number of aromatic nitrogens is 2. The summed E-state index contributed by atoms with van der Waals surface area (Å²) in [7, 11) is 0. The van der Waals surface area contributed by atoms with E-state index in [4.69, 9.17) is 4.98 Å². The molecule has 0 aliphatic heterocycles. The average Bonchev–Trinajstić information content (AvgIpc) is 3.08. The summed E-state index contributed by atoms with van der Waals surface area (Å²) >= 11 is 0. The van der Waals surface area contributed by atoms with Gasteiger partial charge in [0.1, 0.15) is 23.0 Å². The van der Waals surface area contributed by atoms with Gasteiger partial charge in [-0.25, -0.2) is 9.37 Å². The van der Waals surface area contributed by atoms with Gasteiger partial charge in [0, 0.05) is 22.8 Å². The average molecular weight is 353 g/mol. The Hall–Kier alpha value is -3.66. The molecule has 0 bridgehead atoms. The fraction of sp³-hybridized carbons (Fsp3) is 0. The summed E-state index contributed by atoms with van der Waals surface area (Å²) in [5.41, 5.74) is 2.78. The van der Waals surface area contributed by atoms with E-state index in [1.165, 1.54) is 6.07 Å². The van der Waals surface area contributed by atoms with E-state index < -0.39 is 0 Å². The van der Waals surface area contributed by atoms with Gasteiger partial charge < -0.3 is 5.32 Å². The van der Waals surface area contributed by atoms with Gasteiger partial charge in [0.15, 0.2) is 0 Å². The first-order chi connectivity index (χ1) is 13.3. The molecule has 0 aliphatic carbocycles. The predicted octanol–water partition coefficient (Wildman–Crippen LogP) is 6.04. The first kappa shape index (κ1) is 15.6. The molecular formula is C23H16FN3. The van der Waals surface area contributed by atoms with Crippen LogP contribution in [0.4, 0.5) is 15.9 Å². The second-order valence-corrected chi connectivity index (χ2v) is 6.38. The number of para-hydroxylation sites is 1. The molecule has 3 nitrogen and oxygen atoms in total. The Bertz CT molecular complexity index is 1260. The summed E-state index contributed by atoms with van der Waals surface area (Å²) < 4.78 is 16.5. The van der Waals surface area contributed by atoms with Gasteiger partial charge in [0.05, 0.1) is 0 Å². The lowest BCUT2D eigenvalue weighted by Crippen LogP contribution is -1.97. The van der Waals surface area contributed by atoms with Crippen molar-refractivity contribution in [1.29, 1.82) is 0 Å². The van der Waals surface area contributed by atoms with Crippen molar-refractivity contribution in [2.75, 3.05) is 5.32 Å². The van der Waals surface area contributed by atoms with Crippen molar-refractivity contribution < 1.29 is 4.39 Å². The van der Waals surface area contributed by atoms with E-state index in [1.54, 1.807) is 12.1 Å². The summed E-state index contributed by atoms with van der Waals surface area (Å²) in [6, 6.07) is 26.7. The van der Waals surface area contributed by atoms with Crippen LogP contribution in [0.15, 0.2) is 91.1 Å². The molecular weight excluding hydrogens is 337 g/mol. The Morgan fingerprint density at radius 2 is 1.52 bits per heavy atom. The first-order valence-electron chi connectivity index (χ1n) is 8.78. The van der Waals surface area contributed by atoms with Crippen molar-refractivity contribution in [2.45, 2.75) is 0 Å². The molecule has 5 aromatic rings. The third-order valence-electron chi connectivity index (χ3n) is 4.68. The smallest absolute Gasteiger partial charge is 0.147 e. The van der Waals surface area contributed by atoms with Gasteiger partial charge in [-0.05, 0) is 35.7 Å². The number of hydrogen-bond donors (Lipinski definition) is 1. The molecule has 130 valence electrons. The van der Waals surface area contributed by atoms with Crippen LogP contribution in [0.3, 0.4) is 0 Å². The normalized spacial score (nSPS) is 11.1. The van der Waals surface area contributed by atoms with E-state index in [0.29, 0.717) is 11.3 Å². The molecule has 0 aliphatic rings. The van der Waals surface area contributed by atoms with Crippen molar-refractivity contribution in [2.24, 2.45) is 0 Å². The number of benzene rings is 3. The largest absolute Gasteiger partial charge is 0.339 e. The molecule has 0 fully saturated rings. The van der Waals surface area contributed by atoms with E-state index in [2.05, 4.69) is 11.4 Å². The number of anilines is 2. The van der Waals surface area contributed by atoms with Gasteiger partial charge in [-0.1, -0.05) is 54.6 Å². The number of nitrogens with zero attached hydrogens (tertiary/aromatic N) is 2. The third-order valence-corrected chi connectivity index (χ3v) is 4.68. The van der Waals surface area contributed by atoms with Gasteiger partial charge >= 0.3 is 0 Å². The number of nitrogens with one attached hydrogen (secondary N) is 1. The van der Waals surface area contributed by atoms with Gasteiger partial charge in [-0.15, -0.1) is 0 Å². The summed E-state index contributed by atoms with van der Waals surface area (Å²) in [5.74, 6) is 0.452. The maximum absolute atomic E-state index is 14.6. The van der Waals surface area contributed by atoms with Crippen LogP contribution in [0.2, 0.25) is 0 Å². The highest BCUT2D eigenvalue weighted by Crippen LogP contribution is 2.34. The van der Waals surface area contributed by atoms with E-state index in [0.717, 1.165) is 27.9 Å². The standard InChI is InChI=1S/C23H16FN3/c24-20-13-7-6-12-19(20)21-23(25-17-9-2-1-3-10-17)27-15-14-16-8-4-5-11-18(16)22(27)26-21/h1-15,25H. The zero-order valence-corrected chi connectivity index (χ0v) is 14.4. The zero-order valence-electron chi connectivity index (χ0n) is 14.4. The van der Waals surface area contributed by atoms with Crippen molar-refractivity contribution in [3.05, 3.63) is 96.9 Å². The van der Waals surface area contributed by atoms with Crippen LogP contribution in [0.25, 0.3) is 27.7 Å². The van der Waals surface area contributed by atoms with Crippen LogP contribution in [-0.2, 0) is 0 Å². The van der Waals surface area contributed by atoms with Crippen LogP contribution in [0.1, 0.15) is 0 Å². The van der Waals surface area contributed by atoms with Crippen molar-refractivity contribution in [3.63, 3.8) is 0 Å². The molecule has 2 heterocycles. The lowest BCUT2D eigenvalue weighted by Gasteiger charge is -2.09. The first-order valence-corrected chi connectivity index (χ1v) is 8.78. The van der Waals surface area contributed by atoms with E-state index >= 15 is 0 Å². The molecule has 0 radical (unpaired) electrons. The number of rotatable bonds is 3. The molecule has 0 amide bonds. The van der Waals surface area contributed by atoms with Gasteiger partial charge in [0.25, 0.3) is 0 Å². The molecule has 0 spiro atoms. The number of halogens is 1. The molecule has 3 aromatic carbocycles. The minimum absolute atomic E-state index is 0.290. The third kappa shape index (κ3) is 2.62. The fourth-order valence-electron chi connectivity index (χ4n) is 3.39. The molecule has 27 heavy (non-hydrogen) atoms.